The van der Waals surface area contributed by atoms with Gasteiger partial charge in [0.25, 0.3) is 0 Å². The molecule has 1 atom stereocenters. The first-order valence-corrected chi connectivity index (χ1v) is 10.4. The summed E-state index contributed by atoms with van der Waals surface area (Å²) in [7, 11) is 0. The molecule has 2 bridgehead atoms. The monoisotopic (exact) mass is 387 g/mol. The average Bonchev–Trinajstić information content (AvgIpc) is 3.43. The SMILES string of the molecule is Oc1ccc(-c2cn(CC3CN4CCC3CC4)nc2OCC2CC2)cc1Cl. The van der Waals surface area contributed by atoms with E-state index in [4.69, 9.17) is 21.4 Å². The Morgan fingerprint density at radius 2 is 2.00 bits per heavy atom. The second-order valence-corrected chi connectivity index (χ2v) is 8.80. The quantitative estimate of drug-likeness (QED) is 0.812. The molecule has 6 heteroatoms. The van der Waals surface area contributed by atoms with Crippen molar-refractivity contribution in [3.8, 4) is 22.8 Å². The van der Waals surface area contributed by atoms with Crippen molar-refractivity contribution >= 4 is 11.6 Å². The number of piperidine rings is 3. The lowest BCUT2D eigenvalue weighted by Gasteiger charge is -2.44. The largest absolute Gasteiger partial charge is 0.506 e. The van der Waals surface area contributed by atoms with Crippen LogP contribution in [-0.2, 0) is 6.54 Å². The lowest BCUT2D eigenvalue weighted by atomic mass is 9.79. The first-order chi connectivity index (χ1) is 13.2. The van der Waals surface area contributed by atoms with E-state index in [1.807, 2.05) is 6.07 Å². The van der Waals surface area contributed by atoms with Gasteiger partial charge in [-0.3, -0.25) is 4.68 Å². The number of nitrogens with zero attached hydrogens (tertiary/aromatic N) is 3. The predicted molar refractivity (Wildman–Crippen MR) is 105 cm³/mol. The van der Waals surface area contributed by atoms with Gasteiger partial charge in [-0.15, -0.1) is 5.10 Å². The fraction of sp³-hybridized carbons (Fsp3) is 0.571. The first-order valence-electron chi connectivity index (χ1n) is 10.1. The molecule has 144 valence electrons. The molecule has 1 unspecified atom stereocenters. The van der Waals surface area contributed by atoms with Crippen LogP contribution in [0.2, 0.25) is 5.02 Å². The minimum absolute atomic E-state index is 0.0977. The number of benzene rings is 1. The van der Waals surface area contributed by atoms with Crippen LogP contribution in [0.25, 0.3) is 11.1 Å². The highest BCUT2D eigenvalue weighted by Gasteiger charge is 2.34. The van der Waals surface area contributed by atoms with Gasteiger partial charge < -0.3 is 14.7 Å². The van der Waals surface area contributed by atoms with E-state index in [0.29, 0.717) is 22.7 Å². The van der Waals surface area contributed by atoms with E-state index in [1.54, 1.807) is 12.1 Å². The van der Waals surface area contributed by atoms with Crippen LogP contribution in [0.3, 0.4) is 0 Å². The van der Waals surface area contributed by atoms with Crippen molar-refractivity contribution in [2.75, 3.05) is 26.2 Å². The van der Waals surface area contributed by atoms with Crippen molar-refractivity contribution in [1.29, 1.82) is 0 Å². The van der Waals surface area contributed by atoms with E-state index in [0.717, 1.165) is 30.2 Å². The summed E-state index contributed by atoms with van der Waals surface area (Å²) in [5, 5.41) is 14.9. The molecule has 0 amide bonds. The van der Waals surface area contributed by atoms with Crippen molar-refractivity contribution < 1.29 is 9.84 Å². The molecular weight excluding hydrogens is 362 g/mol. The smallest absolute Gasteiger partial charge is 0.240 e. The molecular formula is C21H26ClN3O2. The molecule has 2 aromatic rings. The van der Waals surface area contributed by atoms with E-state index in [9.17, 15) is 5.11 Å². The number of hydrogen-bond acceptors (Lipinski definition) is 4. The van der Waals surface area contributed by atoms with E-state index in [2.05, 4.69) is 15.8 Å². The van der Waals surface area contributed by atoms with Crippen LogP contribution < -0.4 is 4.74 Å². The molecule has 1 N–H and O–H groups in total. The summed E-state index contributed by atoms with van der Waals surface area (Å²) < 4.78 is 8.13. The molecule has 5 nitrogen and oxygen atoms in total. The number of phenols is 1. The highest BCUT2D eigenvalue weighted by Crippen LogP contribution is 2.37. The third-order valence-corrected chi connectivity index (χ3v) is 6.66. The maximum Gasteiger partial charge on any atom is 0.240 e. The summed E-state index contributed by atoms with van der Waals surface area (Å²) >= 11 is 6.14. The molecule has 4 heterocycles. The normalized spacial score (nSPS) is 27.1. The van der Waals surface area contributed by atoms with Crippen LogP contribution in [-0.4, -0.2) is 46.0 Å². The first kappa shape index (κ1) is 17.4. The fourth-order valence-electron chi connectivity index (χ4n) is 4.49. The number of ether oxygens (including phenoxy) is 1. The summed E-state index contributed by atoms with van der Waals surface area (Å²) in [4.78, 5) is 2.58. The summed E-state index contributed by atoms with van der Waals surface area (Å²) in [6, 6.07) is 5.30. The Kier molecular flexibility index (Phi) is 4.52. The van der Waals surface area contributed by atoms with E-state index >= 15 is 0 Å². The molecule has 1 aromatic heterocycles. The van der Waals surface area contributed by atoms with E-state index < -0.39 is 0 Å². The molecule has 4 aliphatic rings. The number of phenolic OH excluding ortho intramolecular Hbond substituents is 1. The van der Waals surface area contributed by atoms with Gasteiger partial charge in [0, 0.05) is 19.3 Å². The molecule has 3 aliphatic heterocycles. The van der Waals surface area contributed by atoms with Gasteiger partial charge in [0.2, 0.25) is 5.88 Å². The predicted octanol–water partition coefficient (Wildman–Crippen LogP) is 4.04. The van der Waals surface area contributed by atoms with Crippen molar-refractivity contribution in [1.82, 2.24) is 14.7 Å². The lowest BCUT2D eigenvalue weighted by molar-refractivity contribution is 0.0403. The van der Waals surface area contributed by atoms with E-state index in [1.165, 1.54) is 45.3 Å². The Hall–Kier alpha value is -1.72. The Morgan fingerprint density at radius 1 is 1.19 bits per heavy atom. The highest BCUT2D eigenvalue weighted by atomic mass is 35.5. The zero-order chi connectivity index (χ0) is 18.4. The van der Waals surface area contributed by atoms with Gasteiger partial charge in [0.05, 0.1) is 17.2 Å². The Balaban J connectivity index is 1.40. The fourth-order valence-corrected chi connectivity index (χ4v) is 4.67. The van der Waals surface area contributed by atoms with Crippen molar-refractivity contribution in [3.05, 3.63) is 29.4 Å². The lowest BCUT2D eigenvalue weighted by Crippen LogP contribution is -2.48. The van der Waals surface area contributed by atoms with Gasteiger partial charge >= 0.3 is 0 Å². The molecule has 0 spiro atoms. The molecule has 1 aliphatic carbocycles. The average molecular weight is 388 g/mol. The van der Waals surface area contributed by atoms with Gasteiger partial charge in [-0.1, -0.05) is 17.7 Å². The minimum Gasteiger partial charge on any atom is -0.506 e. The van der Waals surface area contributed by atoms with Gasteiger partial charge in [-0.2, -0.15) is 0 Å². The Labute approximate surface area is 164 Å². The number of rotatable bonds is 6. The maximum absolute atomic E-state index is 9.74. The maximum atomic E-state index is 9.74. The molecule has 1 saturated carbocycles. The third kappa shape index (κ3) is 3.67. The van der Waals surface area contributed by atoms with Crippen LogP contribution in [0, 0.1) is 17.8 Å². The molecule has 27 heavy (non-hydrogen) atoms. The zero-order valence-corrected chi connectivity index (χ0v) is 16.2. The van der Waals surface area contributed by atoms with Gasteiger partial charge in [-0.05, 0) is 74.2 Å². The van der Waals surface area contributed by atoms with Crippen LogP contribution in [0.1, 0.15) is 25.7 Å². The van der Waals surface area contributed by atoms with Gasteiger partial charge in [0.15, 0.2) is 0 Å². The number of hydrogen-bond donors (Lipinski definition) is 1. The topological polar surface area (TPSA) is 50.5 Å². The number of aromatic hydroxyl groups is 1. The van der Waals surface area contributed by atoms with E-state index in [-0.39, 0.29) is 5.75 Å². The minimum atomic E-state index is 0.0977. The molecule has 1 aromatic carbocycles. The van der Waals surface area contributed by atoms with Crippen LogP contribution in [0.5, 0.6) is 11.6 Å². The zero-order valence-electron chi connectivity index (χ0n) is 15.5. The van der Waals surface area contributed by atoms with Gasteiger partial charge in [0.1, 0.15) is 5.75 Å². The molecule has 0 radical (unpaired) electrons. The van der Waals surface area contributed by atoms with Gasteiger partial charge in [-0.25, -0.2) is 0 Å². The van der Waals surface area contributed by atoms with Crippen molar-refractivity contribution in [2.45, 2.75) is 32.2 Å². The van der Waals surface area contributed by atoms with Crippen LogP contribution in [0.15, 0.2) is 24.4 Å². The summed E-state index contributed by atoms with van der Waals surface area (Å²) in [6.45, 7) is 5.37. The second-order valence-electron chi connectivity index (χ2n) is 8.39. The number of halogens is 1. The summed E-state index contributed by atoms with van der Waals surface area (Å²) in [6.07, 6.45) is 7.22. The van der Waals surface area contributed by atoms with Crippen molar-refractivity contribution in [3.63, 3.8) is 0 Å². The third-order valence-electron chi connectivity index (χ3n) is 6.35. The van der Waals surface area contributed by atoms with Crippen molar-refractivity contribution in [2.24, 2.45) is 17.8 Å². The van der Waals surface area contributed by atoms with Crippen LogP contribution >= 0.6 is 11.6 Å². The molecule has 6 rings (SSSR count). The van der Waals surface area contributed by atoms with Crippen LogP contribution in [0.4, 0.5) is 0 Å². The standard InChI is InChI=1S/C21H26ClN3O2/c22-19-9-16(3-4-20(19)26)18-12-25(23-21(18)27-13-14-1-2-14)11-17-10-24-7-5-15(17)6-8-24/h3-4,9,12,14-15,17,26H,1-2,5-8,10-11,13H2. The Morgan fingerprint density at radius 3 is 2.67 bits per heavy atom. The highest BCUT2D eigenvalue weighted by molar-refractivity contribution is 6.32. The number of aromatic nitrogens is 2. The summed E-state index contributed by atoms with van der Waals surface area (Å²) in [5.41, 5.74) is 1.89. The summed E-state index contributed by atoms with van der Waals surface area (Å²) in [5.74, 6) is 2.94. The molecule has 3 saturated heterocycles. The Bertz CT molecular complexity index is 825. The molecule has 4 fully saturated rings. The second kappa shape index (κ2) is 7.02. The number of fused-ring (bicyclic) bond motifs is 3.